The molecule has 0 bridgehead atoms. The van der Waals surface area contributed by atoms with Gasteiger partial charge in [0, 0.05) is 0 Å². The van der Waals surface area contributed by atoms with E-state index >= 15 is 0 Å². The van der Waals surface area contributed by atoms with Crippen molar-refractivity contribution in [1.82, 2.24) is 0 Å². The van der Waals surface area contributed by atoms with Gasteiger partial charge >= 0.3 is 82.5 Å². The fourth-order valence-electron chi connectivity index (χ4n) is 0. The van der Waals surface area contributed by atoms with Crippen LogP contribution in [0.5, 0.6) is 0 Å². The molecule has 32 valence electrons. The maximum absolute atomic E-state index is 2.13. The number of hydrogen-bond donors (Lipinski definition) is 0. The summed E-state index contributed by atoms with van der Waals surface area (Å²) in [5.41, 5.74) is 0. The maximum atomic E-state index is 2.13. The van der Waals surface area contributed by atoms with Gasteiger partial charge in [-0.3, -0.25) is 0 Å². The number of hydrogen-bond acceptors (Lipinski definition) is 0. The zero-order chi connectivity index (χ0) is 2.71. The summed E-state index contributed by atoms with van der Waals surface area (Å²) < 4.78 is 1.26. The van der Waals surface area contributed by atoms with Crippen molar-refractivity contribution >= 4 is 71.2 Å². The topological polar surface area (TPSA) is 0 Å². The summed E-state index contributed by atoms with van der Waals surface area (Å²) in [6.07, 6.45) is 0. The predicted molar refractivity (Wildman–Crippen MR) is 31.9 cm³/mol. The summed E-state index contributed by atoms with van der Waals surface area (Å²) in [7, 11) is 0. The molecule has 3 heteroatoms. The molecule has 0 saturated carbocycles. The third-order valence-electron chi connectivity index (χ3n) is 0. The van der Waals surface area contributed by atoms with Gasteiger partial charge in [-0.1, -0.05) is 0 Å². The van der Waals surface area contributed by atoms with E-state index in [9.17, 15) is 0 Å². The molecule has 0 amide bonds. The van der Waals surface area contributed by atoms with Crippen molar-refractivity contribution in [2.45, 2.75) is 11.4 Å². The zero-order valence-corrected chi connectivity index (χ0v) is 11.7. The first kappa shape index (κ1) is 15.7. The Labute approximate surface area is 81.3 Å². The van der Waals surface area contributed by atoms with Crippen LogP contribution in [0.25, 0.3) is 0 Å². The molecule has 0 aromatic carbocycles. The van der Waals surface area contributed by atoms with Crippen molar-refractivity contribution in [3.63, 3.8) is 0 Å². The van der Waals surface area contributed by atoms with E-state index in [4.69, 9.17) is 0 Å². The zero-order valence-electron chi connectivity index (χ0n) is 3.19. The average molecular weight is 403 g/mol. The first-order valence-corrected chi connectivity index (χ1v) is 2.64. The molecular weight excluding hydrogens is 395 g/mol. The molecule has 0 saturated heterocycles. The Hall–Kier alpha value is 2.43. The molecular formula is C2H8Sb2Te. The van der Waals surface area contributed by atoms with E-state index in [1.165, 1.54) is 4.47 Å². The molecule has 0 aliphatic carbocycles. The van der Waals surface area contributed by atoms with Crippen molar-refractivity contribution < 1.29 is 0 Å². The first-order chi connectivity index (χ1) is 1.41. The first-order valence-electron chi connectivity index (χ1n) is 0.996. The predicted octanol–water partition coefficient (Wildman–Crippen LogP) is -0.972. The van der Waals surface area contributed by atoms with E-state index in [1.807, 2.05) is 0 Å². The Morgan fingerprint density at radius 3 is 1.60 bits per heavy atom. The van der Waals surface area contributed by atoms with Gasteiger partial charge < -0.3 is 0 Å². The molecule has 0 aromatic heterocycles. The second-order valence-electron chi connectivity index (χ2n) is 0.289. The SMILES string of the molecule is CC[Te].[SbH2].[SbH]. The second kappa shape index (κ2) is 16.1. The van der Waals surface area contributed by atoms with Crippen LogP contribution in [0.2, 0.25) is 4.47 Å². The molecule has 0 aliphatic heterocycles. The Bertz CT molecular complexity index is 7.61. The molecule has 0 aromatic rings. The summed E-state index contributed by atoms with van der Waals surface area (Å²) in [5, 5.41) is 0. The van der Waals surface area contributed by atoms with Crippen LogP contribution in [0.15, 0.2) is 0 Å². The van der Waals surface area contributed by atoms with E-state index in [2.05, 4.69) is 29.2 Å². The third kappa shape index (κ3) is 21.4. The molecule has 0 N–H and O–H groups in total. The molecule has 0 heterocycles. The Kier molecular flexibility index (Phi) is 50.5. The van der Waals surface area contributed by atoms with Gasteiger partial charge in [0.15, 0.2) is 0 Å². The van der Waals surface area contributed by atoms with Gasteiger partial charge in [-0.15, -0.1) is 0 Å². The van der Waals surface area contributed by atoms with Crippen molar-refractivity contribution in [1.29, 1.82) is 0 Å². The van der Waals surface area contributed by atoms with Crippen LogP contribution in [0, 0.1) is 0 Å². The average Bonchev–Trinajstić information content (AvgIpc) is 0.918. The normalized spacial score (nSPS) is 3.60. The minimum absolute atomic E-state index is 0. The van der Waals surface area contributed by atoms with Crippen molar-refractivity contribution in [2.75, 3.05) is 0 Å². The molecule has 0 aliphatic rings. The summed E-state index contributed by atoms with van der Waals surface area (Å²) in [6, 6.07) is 0. The standard InChI is InChI=1S/C2H5Te.2Sb.3H/c1-2-3;;;;;/h2H2,1H3;;;;;. The molecule has 0 unspecified atom stereocenters. The molecule has 0 rings (SSSR count). The Morgan fingerprint density at radius 2 is 1.60 bits per heavy atom. The van der Waals surface area contributed by atoms with Crippen molar-refractivity contribution in [3.8, 4) is 0 Å². The van der Waals surface area contributed by atoms with Crippen LogP contribution in [0.3, 0.4) is 0 Å². The van der Waals surface area contributed by atoms with Crippen molar-refractivity contribution in [3.05, 3.63) is 0 Å². The number of rotatable bonds is 0. The van der Waals surface area contributed by atoms with Gasteiger partial charge in [0.2, 0.25) is 0 Å². The molecule has 4 radical (unpaired) electrons. The fourth-order valence-corrected chi connectivity index (χ4v) is 0. The van der Waals surface area contributed by atoms with Crippen LogP contribution in [-0.4, -0.2) is 71.2 Å². The van der Waals surface area contributed by atoms with Gasteiger partial charge in [-0.25, -0.2) is 0 Å². The van der Waals surface area contributed by atoms with E-state index in [0.717, 1.165) is 0 Å². The van der Waals surface area contributed by atoms with Crippen molar-refractivity contribution in [2.24, 2.45) is 0 Å². The molecule has 0 fully saturated rings. The van der Waals surface area contributed by atoms with E-state index in [0.29, 0.717) is 0 Å². The van der Waals surface area contributed by atoms with Crippen LogP contribution in [0.4, 0.5) is 0 Å². The summed E-state index contributed by atoms with van der Waals surface area (Å²) in [4.78, 5) is 0. The monoisotopic (exact) mass is 404 g/mol. The molecule has 0 atom stereocenters. The summed E-state index contributed by atoms with van der Waals surface area (Å²) >= 11 is 2.07. The fraction of sp³-hybridized carbons (Fsp3) is 1.00. The van der Waals surface area contributed by atoms with Gasteiger partial charge in [0.25, 0.3) is 0 Å². The Balaban J connectivity index is -0.0000000200. The third-order valence-corrected chi connectivity index (χ3v) is 0. The van der Waals surface area contributed by atoms with Gasteiger partial charge in [0.1, 0.15) is 0 Å². The van der Waals surface area contributed by atoms with Gasteiger partial charge in [0.05, 0.1) is 0 Å². The molecule has 5 heavy (non-hydrogen) atoms. The van der Waals surface area contributed by atoms with Crippen LogP contribution < -0.4 is 0 Å². The minimum atomic E-state index is 0. The molecule has 0 spiro atoms. The Morgan fingerprint density at radius 1 is 1.60 bits per heavy atom. The molecule has 0 nitrogen and oxygen atoms in total. The van der Waals surface area contributed by atoms with Gasteiger partial charge in [-0.2, -0.15) is 0 Å². The van der Waals surface area contributed by atoms with Crippen LogP contribution in [0.1, 0.15) is 6.92 Å². The summed E-state index contributed by atoms with van der Waals surface area (Å²) in [6.45, 7) is 2.13. The van der Waals surface area contributed by atoms with Gasteiger partial charge in [-0.05, 0) is 0 Å². The van der Waals surface area contributed by atoms with Crippen LogP contribution in [-0.2, 0) is 0 Å². The van der Waals surface area contributed by atoms with E-state index in [-0.39, 0.29) is 48.9 Å². The second-order valence-corrected chi connectivity index (χ2v) is 1.94. The van der Waals surface area contributed by atoms with E-state index < -0.39 is 0 Å². The van der Waals surface area contributed by atoms with E-state index in [1.54, 1.807) is 0 Å². The summed E-state index contributed by atoms with van der Waals surface area (Å²) in [5.74, 6) is 0. The van der Waals surface area contributed by atoms with Crippen LogP contribution >= 0.6 is 0 Å². The quantitative estimate of drug-likeness (QED) is 0.457.